The first-order valence-corrected chi connectivity index (χ1v) is 5.39. The van der Waals surface area contributed by atoms with Gasteiger partial charge in [0.2, 0.25) is 0 Å². The van der Waals surface area contributed by atoms with Crippen LogP contribution in [0.5, 0.6) is 5.75 Å². The summed E-state index contributed by atoms with van der Waals surface area (Å²) in [6.07, 6.45) is 0. The van der Waals surface area contributed by atoms with E-state index in [1.165, 1.54) is 0 Å². The molecule has 3 aromatic rings. The van der Waals surface area contributed by atoms with Gasteiger partial charge in [0.05, 0.1) is 5.52 Å². The lowest BCUT2D eigenvalue weighted by Crippen LogP contribution is -1.94. The fourth-order valence-corrected chi connectivity index (χ4v) is 1.65. The van der Waals surface area contributed by atoms with Gasteiger partial charge in [-0.2, -0.15) is 0 Å². The fraction of sp³-hybridized carbons (Fsp3) is 0.0769. The molecule has 0 aliphatic carbocycles. The van der Waals surface area contributed by atoms with Gasteiger partial charge in [-0.15, -0.1) is 5.10 Å². The largest absolute Gasteiger partial charge is 0.489 e. The Labute approximate surface area is 98.2 Å². The van der Waals surface area contributed by atoms with Crippen molar-refractivity contribution in [3.05, 3.63) is 54.1 Å². The van der Waals surface area contributed by atoms with Gasteiger partial charge in [0.25, 0.3) is 0 Å². The van der Waals surface area contributed by atoms with Crippen LogP contribution in [0.2, 0.25) is 0 Å². The summed E-state index contributed by atoms with van der Waals surface area (Å²) in [4.78, 5) is 0. The number of aromatic nitrogens is 3. The van der Waals surface area contributed by atoms with Gasteiger partial charge in [0.15, 0.2) is 0 Å². The summed E-state index contributed by atoms with van der Waals surface area (Å²) in [6.45, 7) is 0.560. The minimum atomic E-state index is 0.560. The number of nitrogens with one attached hydrogen (secondary N) is 1. The van der Waals surface area contributed by atoms with Crippen LogP contribution < -0.4 is 4.74 Å². The highest BCUT2D eigenvalue weighted by Gasteiger charge is 2.00. The summed E-state index contributed by atoms with van der Waals surface area (Å²) in [5, 5.41) is 10.5. The Kier molecular flexibility index (Phi) is 2.46. The molecule has 17 heavy (non-hydrogen) atoms. The molecule has 0 saturated heterocycles. The molecule has 0 atom stereocenters. The second-order valence-electron chi connectivity index (χ2n) is 3.77. The molecule has 0 amide bonds. The van der Waals surface area contributed by atoms with Crippen LogP contribution in [0.1, 0.15) is 5.56 Å². The van der Waals surface area contributed by atoms with Gasteiger partial charge in [0.1, 0.15) is 17.9 Å². The number of benzene rings is 2. The highest BCUT2D eigenvalue weighted by Crippen LogP contribution is 2.18. The van der Waals surface area contributed by atoms with E-state index in [-0.39, 0.29) is 0 Å². The Morgan fingerprint density at radius 1 is 1.06 bits per heavy atom. The van der Waals surface area contributed by atoms with Crippen molar-refractivity contribution in [2.24, 2.45) is 0 Å². The van der Waals surface area contributed by atoms with E-state index in [0.717, 1.165) is 22.3 Å². The van der Waals surface area contributed by atoms with Crippen LogP contribution in [-0.4, -0.2) is 15.4 Å². The molecule has 0 saturated carbocycles. The van der Waals surface area contributed by atoms with Gasteiger partial charge in [-0.1, -0.05) is 35.5 Å². The van der Waals surface area contributed by atoms with E-state index in [1.807, 2.05) is 48.5 Å². The molecule has 84 valence electrons. The average Bonchev–Trinajstić information content (AvgIpc) is 2.85. The van der Waals surface area contributed by atoms with E-state index >= 15 is 0 Å². The van der Waals surface area contributed by atoms with Gasteiger partial charge in [-0.25, -0.2) is 0 Å². The smallest absolute Gasteiger partial charge is 0.122 e. The number of H-pyrrole nitrogens is 1. The zero-order valence-corrected chi connectivity index (χ0v) is 9.13. The van der Waals surface area contributed by atoms with Crippen LogP contribution >= 0.6 is 0 Å². The number of hydrogen-bond acceptors (Lipinski definition) is 3. The SMILES string of the molecule is c1ccc(COc2ccc3[nH]nnc3c2)cc1. The first-order valence-electron chi connectivity index (χ1n) is 5.39. The second-order valence-corrected chi connectivity index (χ2v) is 3.77. The van der Waals surface area contributed by atoms with Crippen LogP contribution in [0.25, 0.3) is 11.0 Å². The van der Waals surface area contributed by atoms with Crippen LogP contribution in [-0.2, 0) is 6.61 Å². The first-order chi connectivity index (χ1) is 8.42. The molecular formula is C13H11N3O. The summed E-state index contributed by atoms with van der Waals surface area (Å²) >= 11 is 0. The van der Waals surface area contributed by atoms with Crippen molar-refractivity contribution in [3.63, 3.8) is 0 Å². The number of fused-ring (bicyclic) bond motifs is 1. The van der Waals surface area contributed by atoms with E-state index in [1.54, 1.807) is 0 Å². The molecule has 0 spiro atoms. The fourth-order valence-electron chi connectivity index (χ4n) is 1.65. The molecule has 4 heteroatoms. The van der Waals surface area contributed by atoms with Crippen molar-refractivity contribution in [2.75, 3.05) is 0 Å². The third-order valence-electron chi connectivity index (χ3n) is 2.55. The van der Waals surface area contributed by atoms with Crippen molar-refractivity contribution in [1.82, 2.24) is 15.4 Å². The number of ether oxygens (including phenoxy) is 1. The number of rotatable bonds is 3. The molecule has 1 aromatic heterocycles. The van der Waals surface area contributed by atoms with E-state index in [0.29, 0.717) is 6.61 Å². The minimum Gasteiger partial charge on any atom is -0.489 e. The van der Waals surface area contributed by atoms with Gasteiger partial charge in [-0.05, 0) is 17.7 Å². The normalized spacial score (nSPS) is 10.6. The molecule has 0 radical (unpaired) electrons. The second kappa shape index (κ2) is 4.25. The Hall–Kier alpha value is -2.36. The highest BCUT2D eigenvalue weighted by molar-refractivity contribution is 5.75. The maximum absolute atomic E-state index is 5.69. The van der Waals surface area contributed by atoms with Crippen LogP contribution in [0, 0.1) is 0 Å². The quantitative estimate of drug-likeness (QED) is 0.745. The van der Waals surface area contributed by atoms with Crippen molar-refractivity contribution < 1.29 is 4.74 Å². The van der Waals surface area contributed by atoms with Gasteiger partial charge >= 0.3 is 0 Å². The molecule has 0 unspecified atom stereocenters. The molecule has 0 bridgehead atoms. The average molecular weight is 225 g/mol. The topological polar surface area (TPSA) is 50.8 Å². The van der Waals surface area contributed by atoms with Crippen molar-refractivity contribution >= 4 is 11.0 Å². The standard InChI is InChI=1S/C13H11N3O/c1-2-4-10(5-3-1)9-17-11-6-7-12-13(8-11)15-16-14-12/h1-8H,9H2,(H,14,15,16). The zero-order chi connectivity index (χ0) is 11.5. The molecule has 0 aliphatic rings. The summed E-state index contributed by atoms with van der Waals surface area (Å²) < 4.78 is 5.69. The van der Waals surface area contributed by atoms with Crippen molar-refractivity contribution in [2.45, 2.75) is 6.61 Å². The first kappa shape index (κ1) is 9.84. The molecular weight excluding hydrogens is 214 g/mol. The van der Waals surface area contributed by atoms with Gasteiger partial charge in [0, 0.05) is 6.07 Å². The number of aromatic amines is 1. The summed E-state index contributed by atoms with van der Waals surface area (Å²) in [5.41, 5.74) is 2.88. The Morgan fingerprint density at radius 2 is 1.94 bits per heavy atom. The Bertz CT molecular complexity index is 619. The summed E-state index contributed by atoms with van der Waals surface area (Å²) in [6, 6.07) is 15.8. The molecule has 4 nitrogen and oxygen atoms in total. The summed E-state index contributed by atoms with van der Waals surface area (Å²) in [5.74, 6) is 0.801. The van der Waals surface area contributed by atoms with Crippen LogP contribution in [0.15, 0.2) is 48.5 Å². The maximum atomic E-state index is 5.69. The van der Waals surface area contributed by atoms with Gasteiger partial charge in [-0.3, -0.25) is 5.10 Å². The van der Waals surface area contributed by atoms with Crippen molar-refractivity contribution in [3.8, 4) is 5.75 Å². The predicted molar refractivity (Wildman–Crippen MR) is 64.7 cm³/mol. The van der Waals surface area contributed by atoms with Crippen LogP contribution in [0.4, 0.5) is 0 Å². The molecule has 2 aromatic carbocycles. The lowest BCUT2D eigenvalue weighted by molar-refractivity contribution is 0.306. The molecule has 1 heterocycles. The Balaban J connectivity index is 1.76. The van der Waals surface area contributed by atoms with E-state index < -0.39 is 0 Å². The lowest BCUT2D eigenvalue weighted by atomic mass is 10.2. The molecule has 0 aliphatic heterocycles. The Morgan fingerprint density at radius 3 is 2.82 bits per heavy atom. The lowest BCUT2D eigenvalue weighted by Gasteiger charge is -2.05. The zero-order valence-electron chi connectivity index (χ0n) is 9.13. The molecule has 0 fully saturated rings. The van der Waals surface area contributed by atoms with Crippen LogP contribution in [0.3, 0.4) is 0 Å². The third kappa shape index (κ3) is 2.10. The third-order valence-corrected chi connectivity index (χ3v) is 2.55. The minimum absolute atomic E-state index is 0.560. The van der Waals surface area contributed by atoms with E-state index in [9.17, 15) is 0 Å². The van der Waals surface area contributed by atoms with E-state index in [2.05, 4.69) is 15.4 Å². The number of nitrogens with zero attached hydrogens (tertiary/aromatic N) is 2. The van der Waals surface area contributed by atoms with Crippen molar-refractivity contribution in [1.29, 1.82) is 0 Å². The molecule has 3 rings (SSSR count). The molecule has 1 N–H and O–H groups in total. The van der Waals surface area contributed by atoms with E-state index in [4.69, 9.17) is 4.74 Å². The summed E-state index contributed by atoms with van der Waals surface area (Å²) in [7, 11) is 0. The number of hydrogen-bond donors (Lipinski definition) is 1. The van der Waals surface area contributed by atoms with Gasteiger partial charge < -0.3 is 4.74 Å². The predicted octanol–water partition coefficient (Wildman–Crippen LogP) is 2.54. The highest BCUT2D eigenvalue weighted by atomic mass is 16.5. The monoisotopic (exact) mass is 225 g/mol. The maximum Gasteiger partial charge on any atom is 0.122 e.